The summed E-state index contributed by atoms with van der Waals surface area (Å²) < 4.78 is 13.1. The predicted molar refractivity (Wildman–Crippen MR) is 103 cm³/mol. The molecule has 0 fully saturated rings. The van der Waals surface area contributed by atoms with Gasteiger partial charge in [0.05, 0.1) is 16.3 Å². The SMILES string of the molecule is CCNC(=O)CSc1ccc(-c2sc(-c3ccc(F)cc3)nc2C)nn1. The molecule has 0 aliphatic heterocycles. The second kappa shape index (κ2) is 8.37. The third-order valence-corrected chi connectivity index (χ3v) is 5.63. The quantitative estimate of drug-likeness (QED) is 0.648. The summed E-state index contributed by atoms with van der Waals surface area (Å²) in [5, 5.41) is 12.7. The van der Waals surface area contributed by atoms with Gasteiger partial charge in [-0.1, -0.05) is 11.8 Å². The van der Waals surface area contributed by atoms with Crippen LogP contribution >= 0.6 is 23.1 Å². The van der Waals surface area contributed by atoms with E-state index in [0.29, 0.717) is 17.3 Å². The molecule has 0 saturated carbocycles. The maximum atomic E-state index is 13.1. The zero-order valence-electron chi connectivity index (χ0n) is 14.3. The highest BCUT2D eigenvalue weighted by Crippen LogP contribution is 2.34. The number of hydrogen-bond acceptors (Lipinski definition) is 6. The van der Waals surface area contributed by atoms with Crippen molar-refractivity contribution in [2.45, 2.75) is 18.9 Å². The highest BCUT2D eigenvalue weighted by Gasteiger charge is 2.13. The first-order chi connectivity index (χ1) is 12.6. The van der Waals surface area contributed by atoms with Gasteiger partial charge >= 0.3 is 0 Å². The summed E-state index contributed by atoms with van der Waals surface area (Å²) in [5.41, 5.74) is 2.45. The number of hydrogen-bond donors (Lipinski definition) is 1. The van der Waals surface area contributed by atoms with Gasteiger partial charge in [0.2, 0.25) is 5.91 Å². The van der Waals surface area contributed by atoms with Crippen molar-refractivity contribution < 1.29 is 9.18 Å². The number of nitrogens with zero attached hydrogens (tertiary/aromatic N) is 3. The van der Waals surface area contributed by atoms with Gasteiger partial charge < -0.3 is 5.32 Å². The van der Waals surface area contributed by atoms with Crippen LogP contribution in [0.1, 0.15) is 12.6 Å². The molecular formula is C18H17FN4OS2. The third kappa shape index (κ3) is 4.44. The van der Waals surface area contributed by atoms with E-state index in [0.717, 1.165) is 26.8 Å². The molecule has 1 amide bonds. The molecule has 134 valence electrons. The number of carbonyl (C=O) groups is 1. The first kappa shape index (κ1) is 18.5. The average Bonchev–Trinajstić information content (AvgIpc) is 3.03. The van der Waals surface area contributed by atoms with Gasteiger partial charge in [-0.15, -0.1) is 21.5 Å². The zero-order valence-corrected chi connectivity index (χ0v) is 16.0. The Kier molecular flexibility index (Phi) is 5.95. The first-order valence-corrected chi connectivity index (χ1v) is 9.84. The average molecular weight is 388 g/mol. The minimum atomic E-state index is -0.270. The fourth-order valence-electron chi connectivity index (χ4n) is 2.26. The zero-order chi connectivity index (χ0) is 18.5. The van der Waals surface area contributed by atoms with Crippen LogP contribution < -0.4 is 5.32 Å². The van der Waals surface area contributed by atoms with Crippen molar-refractivity contribution in [1.82, 2.24) is 20.5 Å². The van der Waals surface area contributed by atoms with E-state index in [2.05, 4.69) is 20.5 Å². The minimum Gasteiger partial charge on any atom is -0.356 e. The molecule has 3 rings (SSSR count). The van der Waals surface area contributed by atoms with E-state index >= 15 is 0 Å². The van der Waals surface area contributed by atoms with Crippen LogP contribution in [-0.2, 0) is 4.79 Å². The molecule has 26 heavy (non-hydrogen) atoms. The molecule has 0 aliphatic rings. The molecule has 0 bridgehead atoms. The van der Waals surface area contributed by atoms with Crippen LogP contribution in [0, 0.1) is 12.7 Å². The molecule has 0 unspecified atom stereocenters. The van der Waals surface area contributed by atoms with E-state index in [-0.39, 0.29) is 11.7 Å². The highest BCUT2D eigenvalue weighted by atomic mass is 32.2. The molecule has 0 saturated heterocycles. The molecule has 5 nitrogen and oxygen atoms in total. The van der Waals surface area contributed by atoms with Gasteiger partial charge in [0, 0.05) is 12.1 Å². The Hall–Kier alpha value is -2.32. The number of benzene rings is 1. The maximum absolute atomic E-state index is 13.1. The summed E-state index contributed by atoms with van der Waals surface area (Å²) >= 11 is 2.84. The van der Waals surface area contributed by atoms with Crippen molar-refractivity contribution in [1.29, 1.82) is 0 Å². The van der Waals surface area contributed by atoms with Gasteiger partial charge in [-0.05, 0) is 50.2 Å². The standard InChI is InChI=1S/C18H17FN4OS2/c1-3-20-15(24)10-25-16-9-8-14(22-23-16)17-11(2)21-18(26-17)12-4-6-13(19)7-5-12/h4-9H,3,10H2,1-2H3,(H,20,24). The second-order valence-electron chi connectivity index (χ2n) is 5.44. The monoisotopic (exact) mass is 388 g/mol. The second-order valence-corrected chi connectivity index (χ2v) is 7.43. The Morgan fingerprint density at radius 1 is 1.19 bits per heavy atom. The van der Waals surface area contributed by atoms with E-state index in [1.807, 2.05) is 26.0 Å². The number of halogens is 1. The molecule has 2 heterocycles. The van der Waals surface area contributed by atoms with Crippen molar-refractivity contribution in [2.24, 2.45) is 0 Å². The largest absolute Gasteiger partial charge is 0.356 e. The van der Waals surface area contributed by atoms with E-state index in [4.69, 9.17) is 0 Å². The van der Waals surface area contributed by atoms with Crippen LogP contribution in [0.2, 0.25) is 0 Å². The fourth-order valence-corrected chi connectivity index (χ4v) is 3.94. The van der Waals surface area contributed by atoms with Crippen molar-refractivity contribution in [3.05, 3.63) is 47.9 Å². The van der Waals surface area contributed by atoms with E-state index < -0.39 is 0 Å². The summed E-state index contributed by atoms with van der Waals surface area (Å²) in [5.74, 6) is 0.0235. The summed E-state index contributed by atoms with van der Waals surface area (Å²) in [6.07, 6.45) is 0. The van der Waals surface area contributed by atoms with Gasteiger partial charge in [0.25, 0.3) is 0 Å². The lowest BCUT2D eigenvalue weighted by Crippen LogP contribution is -2.24. The lowest BCUT2D eigenvalue weighted by atomic mass is 10.2. The highest BCUT2D eigenvalue weighted by molar-refractivity contribution is 7.99. The number of rotatable bonds is 6. The number of nitrogens with one attached hydrogen (secondary N) is 1. The van der Waals surface area contributed by atoms with Crippen LogP contribution in [0.4, 0.5) is 4.39 Å². The van der Waals surface area contributed by atoms with E-state index in [1.54, 1.807) is 12.1 Å². The number of thiazole rings is 1. The molecule has 0 atom stereocenters. The number of aromatic nitrogens is 3. The first-order valence-electron chi connectivity index (χ1n) is 8.03. The van der Waals surface area contributed by atoms with E-state index in [1.165, 1.54) is 35.2 Å². The summed E-state index contributed by atoms with van der Waals surface area (Å²) in [4.78, 5) is 17.0. The lowest BCUT2D eigenvalue weighted by molar-refractivity contribution is -0.118. The molecule has 2 aromatic heterocycles. The Morgan fingerprint density at radius 2 is 1.96 bits per heavy atom. The summed E-state index contributed by atoms with van der Waals surface area (Å²) in [7, 11) is 0. The molecule has 8 heteroatoms. The Labute approximate surface area is 159 Å². The van der Waals surface area contributed by atoms with Crippen molar-refractivity contribution in [3.63, 3.8) is 0 Å². The molecular weight excluding hydrogens is 371 g/mol. The number of carbonyl (C=O) groups excluding carboxylic acids is 1. The lowest BCUT2D eigenvalue weighted by Gasteiger charge is -2.02. The predicted octanol–water partition coefficient (Wildman–Crippen LogP) is 3.94. The van der Waals surface area contributed by atoms with Crippen LogP contribution in [0.3, 0.4) is 0 Å². The van der Waals surface area contributed by atoms with Gasteiger partial charge in [-0.2, -0.15) is 0 Å². The van der Waals surface area contributed by atoms with Crippen LogP contribution in [0.25, 0.3) is 21.1 Å². The number of aryl methyl sites for hydroxylation is 1. The Balaban J connectivity index is 1.75. The summed E-state index contributed by atoms with van der Waals surface area (Å²) in [6.45, 7) is 4.41. The van der Waals surface area contributed by atoms with Crippen LogP contribution in [-0.4, -0.2) is 33.4 Å². The van der Waals surface area contributed by atoms with Gasteiger partial charge in [-0.3, -0.25) is 4.79 Å². The van der Waals surface area contributed by atoms with Crippen molar-refractivity contribution in [3.8, 4) is 21.1 Å². The van der Waals surface area contributed by atoms with Gasteiger partial charge in [-0.25, -0.2) is 9.37 Å². The van der Waals surface area contributed by atoms with E-state index in [9.17, 15) is 9.18 Å². The number of amides is 1. The molecule has 0 radical (unpaired) electrons. The van der Waals surface area contributed by atoms with Gasteiger partial charge in [0.1, 0.15) is 21.5 Å². The van der Waals surface area contributed by atoms with Crippen molar-refractivity contribution in [2.75, 3.05) is 12.3 Å². The Morgan fingerprint density at radius 3 is 2.62 bits per heavy atom. The molecule has 3 aromatic rings. The third-order valence-electron chi connectivity index (χ3n) is 3.49. The molecule has 0 aliphatic carbocycles. The minimum absolute atomic E-state index is 0.0226. The fraction of sp³-hybridized carbons (Fsp3) is 0.222. The Bertz CT molecular complexity index is 895. The smallest absolute Gasteiger partial charge is 0.230 e. The summed E-state index contributed by atoms with van der Waals surface area (Å²) in [6, 6.07) is 10.00. The normalized spacial score (nSPS) is 10.7. The van der Waals surface area contributed by atoms with Crippen LogP contribution in [0.15, 0.2) is 41.4 Å². The van der Waals surface area contributed by atoms with Crippen LogP contribution in [0.5, 0.6) is 0 Å². The maximum Gasteiger partial charge on any atom is 0.230 e. The molecule has 1 N–H and O–H groups in total. The molecule has 1 aromatic carbocycles. The van der Waals surface area contributed by atoms with Crippen molar-refractivity contribution >= 4 is 29.0 Å². The topological polar surface area (TPSA) is 67.8 Å². The molecule has 0 spiro atoms. The number of thioether (sulfide) groups is 1. The van der Waals surface area contributed by atoms with Gasteiger partial charge in [0.15, 0.2) is 0 Å².